The molecule has 0 spiro atoms. The Hall–Kier alpha value is -3.55. The van der Waals surface area contributed by atoms with Crippen molar-refractivity contribution in [3.63, 3.8) is 0 Å². The van der Waals surface area contributed by atoms with Gasteiger partial charge < -0.3 is 25.8 Å². The van der Waals surface area contributed by atoms with Gasteiger partial charge in [-0.15, -0.1) is 0 Å². The minimum Gasteiger partial charge on any atom is -0.495 e. The number of methoxy groups -OCH3 is 1. The largest absolute Gasteiger partial charge is 0.495 e. The van der Waals surface area contributed by atoms with Crippen LogP contribution in [0.4, 0.5) is 16.2 Å². The number of unbranched alkanes of at least 4 members (excludes halogenated alkanes) is 3. The van der Waals surface area contributed by atoms with E-state index in [0.717, 1.165) is 42.5 Å². The number of carbonyl (C=O) groups excluding carboxylic acids is 2. The summed E-state index contributed by atoms with van der Waals surface area (Å²) in [5.41, 5.74) is 2.97. The molecule has 0 fully saturated rings. The predicted molar refractivity (Wildman–Crippen MR) is 133 cm³/mol. The number of amides is 3. The maximum atomic E-state index is 12.4. The zero-order chi connectivity index (χ0) is 24.9. The molecule has 1 atom stereocenters. The second-order valence-electron chi connectivity index (χ2n) is 8.40. The van der Waals surface area contributed by atoms with E-state index in [1.54, 1.807) is 25.1 Å². The highest BCUT2D eigenvalue weighted by Gasteiger charge is 2.12. The molecule has 0 aliphatic heterocycles. The van der Waals surface area contributed by atoms with E-state index in [9.17, 15) is 14.4 Å². The number of hydrogen-bond acceptors (Lipinski definition) is 4. The number of carbonyl (C=O) groups is 3. The van der Waals surface area contributed by atoms with Crippen molar-refractivity contribution >= 4 is 29.3 Å². The Kier molecular flexibility index (Phi) is 10.9. The van der Waals surface area contributed by atoms with Crippen molar-refractivity contribution in [1.29, 1.82) is 0 Å². The van der Waals surface area contributed by atoms with Gasteiger partial charge in [-0.2, -0.15) is 0 Å². The van der Waals surface area contributed by atoms with E-state index in [1.165, 1.54) is 7.11 Å². The smallest absolute Gasteiger partial charge is 0.323 e. The SMILES string of the molecule is COc1cc(CC(=O)NCCCCCCC(C)C(=O)O)ccc1NC(=O)Nc1ccccc1C. The van der Waals surface area contributed by atoms with Gasteiger partial charge in [-0.05, 0) is 49.1 Å². The first-order valence-corrected chi connectivity index (χ1v) is 11.6. The first kappa shape index (κ1) is 26.7. The van der Waals surface area contributed by atoms with E-state index < -0.39 is 5.97 Å². The van der Waals surface area contributed by atoms with Crippen LogP contribution in [0.2, 0.25) is 0 Å². The highest BCUT2D eigenvalue weighted by molar-refractivity contribution is 6.01. The minimum absolute atomic E-state index is 0.0837. The number of nitrogens with one attached hydrogen (secondary N) is 3. The number of para-hydroxylation sites is 1. The van der Waals surface area contributed by atoms with Gasteiger partial charge in [0.25, 0.3) is 0 Å². The molecule has 34 heavy (non-hydrogen) atoms. The molecule has 0 saturated heterocycles. The van der Waals surface area contributed by atoms with Crippen LogP contribution < -0.4 is 20.7 Å². The molecule has 0 bridgehead atoms. The molecule has 2 rings (SSSR count). The molecule has 1 unspecified atom stereocenters. The molecule has 8 heteroatoms. The molecule has 2 aromatic rings. The molecule has 0 saturated carbocycles. The molecule has 184 valence electrons. The van der Waals surface area contributed by atoms with E-state index in [1.807, 2.05) is 31.2 Å². The van der Waals surface area contributed by atoms with E-state index in [2.05, 4.69) is 16.0 Å². The third kappa shape index (κ3) is 9.13. The highest BCUT2D eigenvalue weighted by Crippen LogP contribution is 2.26. The molecular formula is C26H35N3O5. The molecule has 0 radical (unpaired) electrons. The molecule has 4 N–H and O–H groups in total. The summed E-state index contributed by atoms with van der Waals surface area (Å²) in [4.78, 5) is 35.4. The lowest BCUT2D eigenvalue weighted by atomic mass is 10.0. The van der Waals surface area contributed by atoms with Crippen molar-refractivity contribution < 1.29 is 24.2 Å². The predicted octanol–water partition coefficient (Wildman–Crippen LogP) is 4.98. The van der Waals surface area contributed by atoms with Crippen LogP contribution in [0.25, 0.3) is 0 Å². The van der Waals surface area contributed by atoms with Crippen LogP contribution in [-0.2, 0) is 16.0 Å². The standard InChI is InChI=1S/C26H35N3O5/c1-18-10-7-8-12-21(18)28-26(33)29-22-14-13-20(16-23(22)34-3)17-24(30)27-15-9-5-4-6-11-19(2)25(31)32/h7-8,10,12-14,16,19H,4-6,9,11,15,17H2,1-3H3,(H,27,30)(H,31,32)(H2,28,29,33). The van der Waals surface area contributed by atoms with Gasteiger partial charge in [-0.3, -0.25) is 9.59 Å². The van der Waals surface area contributed by atoms with Crippen LogP contribution in [0.1, 0.15) is 50.2 Å². The maximum Gasteiger partial charge on any atom is 0.323 e. The molecular weight excluding hydrogens is 434 g/mol. The van der Waals surface area contributed by atoms with Gasteiger partial charge in [0, 0.05) is 12.2 Å². The lowest BCUT2D eigenvalue weighted by molar-refractivity contribution is -0.141. The summed E-state index contributed by atoms with van der Waals surface area (Å²) in [6.07, 6.45) is 4.53. The Morgan fingerprint density at radius 2 is 1.68 bits per heavy atom. The van der Waals surface area contributed by atoms with Crippen molar-refractivity contribution in [2.45, 2.75) is 52.4 Å². The van der Waals surface area contributed by atoms with Crippen molar-refractivity contribution in [3.05, 3.63) is 53.6 Å². The average molecular weight is 470 g/mol. The lowest BCUT2D eigenvalue weighted by Gasteiger charge is -2.14. The maximum absolute atomic E-state index is 12.4. The van der Waals surface area contributed by atoms with Crippen molar-refractivity contribution in [3.8, 4) is 5.75 Å². The first-order valence-electron chi connectivity index (χ1n) is 11.6. The second-order valence-corrected chi connectivity index (χ2v) is 8.40. The number of benzene rings is 2. The Morgan fingerprint density at radius 3 is 2.38 bits per heavy atom. The van der Waals surface area contributed by atoms with Gasteiger partial charge in [-0.1, -0.05) is 50.5 Å². The first-order chi connectivity index (χ1) is 16.3. The van der Waals surface area contributed by atoms with Crippen molar-refractivity contribution in [1.82, 2.24) is 5.32 Å². The van der Waals surface area contributed by atoms with Crippen LogP contribution in [0.3, 0.4) is 0 Å². The van der Waals surface area contributed by atoms with Crippen LogP contribution in [-0.4, -0.2) is 36.7 Å². The Labute approximate surface area is 201 Å². The van der Waals surface area contributed by atoms with Crippen molar-refractivity contribution in [2.75, 3.05) is 24.3 Å². The number of aryl methyl sites for hydroxylation is 1. The fourth-order valence-electron chi connectivity index (χ4n) is 3.47. The number of anilines is 2. The number of hydrogen-bond donors (Lipinski definition) is 4. The van der Waals surface area contributed by atoms with E-state index in [-0.39, 0.29) is 24.3 Å². The summed E-state index contributed by atoms with van der Waals surface area (Å²) in [7, 11) is 1.51. The molecule has 0 aliphatic rings. The topological polar surface area (TPSA) is 117 Å². The van der Waals surface area contributed by atoms with Gasteiger partial charge in [0.05, 0.1) is 25.1 Å². The van der Waals surface area contributed by atoms with Crippen molar-refractivity contribution in [2.24, 2.45) is 5.92 Å². The number of ether oxygens (including phenoxy) is 1. The van der Waals surface area contributed by atoms with E-state index in [0.29, 0.717) is 24.4 Å². The lowest BCUT2D eigenvalue weighted by Crippen LogP contribution is -2.26. The quantitative estimate of drug-likeness (QED) is 0.309. The summed E-state index contributed by atoms with van der Waals surface area (Å²) in [5.74, 6) is -0.667. The normalized spacial score (nSPS) is 11.4. The average Bonchev–Trinajstić information content (AvgIpc) is 2.80. The van der Waals surface area contributed by atoms with Gasteiger partial charge in [0.2, 0.25) is 5.91 Å². The molecule has 0 aliphatic carbocycles. The zero-order valence-corrected chi connectivity index (χ0v) is 20.1. The Bertz CT molecular complexity index is 977. The van der Waals surface area contributed by atoms with Gasteiger partial charge >= 0.3 is 12.0 Å². The van der Waals surface area contributed by atoms with Gasteiger partial charge in [0.15, 0.2) is 0 Å². The van der Waals surface area contributed by atoms with Gasteiger partial charge in [0.1, 0.15) is 5.75 Å². The molecule has 8 nitrogen and oxygen atoms in total. The highest BCUT2D eigenvalue weighted by atomic mass is 16.5. The fraction of sp³-hybridized carbons (Fsp3) is 0.423. The number of urea groups is 1. The van der Waals surface area contributed by atoms with Gasteiger partial charge in [-0.25, -0.2) is 4.79 Å². The fourth-order valence-corrected chi connectivity index (χ4v) is 3.47. The van der Waals surface area contributed by atoms with Crippen LogP contribution in [0, 0.1) is 12.8 Å². The third-order valence-corrected chi connectivity index (χ3v) is 5.58. The summed E-state index contributed by atoms with van der Waals surface area (Å²) in [6.45, 7) is 4.22. The molecule has 0 aromatic heterocycles. The van der Waals surface area contributed by atoms with Crippen LogP contribution in [0.15, 0.2) is 42.5 Å². The molecule has 0 heterocycles. The summed E-state index contributed by atoms with van der Waals surface area (Å²) < 4.78 is 5.40. The summed E-state index contributed by atoms with van der Waals surface area (Å²) in [5, 5.41) is 17.4. The zero-order valence-electron chi connectivity index (χ0n) is 20.1. The Balaban J connectivity index is 1.76. The van der Waals surface area contributed by atoms with E-state index >= 15 is 0 Å². The minimum atomic E-state index is -0.752. The molecule has 3 amide bonds. The second kappa shape index (κ2) is 13.9. The number of rotatable bonds is 13. The number of aliphatic carboxylic acids is 1. The third-order valence-electron chi connectivity index (χ3n) is 5.58. The molecule has 2 aromatic carbocycles. The summed E-state index contributed by atoms with van der Waals surface area (Å²) >= 11 is 0. The van der Waals surface area contributed by atoms with E-state index in [4.69, 9.17) is 9.84 Å². The van der Waals surface area contributed by atoms with Crippen LogP contribution in [0.5, 0.6) is 5.75 Å². The monoisotopic (exact) mass is 469 g/mol. The summed E-state index contributed by atoms with van der Waals surface area (Å²) in [6, 6.07) is 12.4. The van der Waals surface area contributed by atoms with Crippen LogP contribution >= 0.6 is 0 Å². The number of carboxylic acid groups (broad SMARTS) is 1. The Morgan fingerprint density at radius 1 is 0.971 bits per heavy atom. The number of carboxylic acids is 1.